The van der Waals surface area contributed by atoms with Gasteiger partial charge in [0.05, 0.1) is 12.7 Å². The average molecular weight is 341 g/mol. The minimum atomic E-state index is 0.140. The Kier molecular flexibility index (Phi) is 7.80. The van der Waals surface area contributed by atoms with Crippen molar-refractivity contribution in [3.8, 4) is 11.5 Å². The minimum Gasteiger partial charge on any atom is -0.490 e. The highest BCUT2D eigenvalue weighted by atomic mass is 16.5. The molecule has 1 unspecified atom stereocenters. The molecule has 2 aromatic rings. The molecule has 0 aliphatic rings. The van der Waals surface area contributed by atoms with E-state index in [1.165, 1.54) is 11.1 Å². The van der Waals surface area contributed by atoms with Crippen LogP contribution in [0.5, 0.6) is 11.5 Å². The van der Waals surface area contributed by atoms with Crippen molar-refractivity contribution in [1.82, 2.24) is 5.32 Å². The molecule has 1 atom stereocenters. The third kappa shape index (κ3) is 6.79. The molecule has 0 saturated carbocycles. The number of hydrogen-bond acceptors (Lipinski definition) is 3. The highest BCUT2D eigenvalue weighted by molar-refractivity contribution is 5.43. The predicted molar refractivity (Wildman–Crippen MR) is 104 cm³/mol. The Morgan fingerprint density at radius 2 is 1.68 bits per heavy atom. The van der Waals surface area contributed by atoms with Crippen LogP contribution < -0.4 is 14.8 Å². The first-order valence-electron chi connectivity index (χ1n) is 9.28. The lowest BCUT2D eigenvalue weighted by atomic mass is 10.1. The van der Waals surface area contributed by atoms with Gasteiger partial charge in [0.15, 0.2) is 11.5 Å². The van der Waals surface area contributed by atoms with Gasteiger partial charge in [-0.2, -0.15) is 0 Å². The van der Waals surface area contributed by atoms with Crippen LogP contribution in [-0.4, -0.2) is 18.8 Å². The van der Waals surface area contributed by atoms with Crippen molar-refractivity contribution in [3.05, 3.63) is 59.7 Å². The van der Waals surface area contributed by atoms with Crippen molar-refractivity contribution >= 4 is 0 Å². The molecule has 2 aromatic carbocycles. The van der Waals surface area contributed by atoms with Crippen LogP contribution in [0.3, 0.4) is 0 Å². The van der Waals surface area contributed by atoms with Gasteiger partial charge in [-0.25, -0.2) is 0 Å². The van der Waals surface area contributed by atoms with Crippen LogP contribution in [-0.2, 0) is 13.0 Å². The van der Waals surface area contributed by atoms with Gasteiger partial charge in [-0.15, -0.1) is 0 Å². The molecule has 0 fully saturated rings. The normalized spacial score (nSPS) is 12.2. The van der Waals surface area contributed by atoms with E-state index in [0.29, 0.717) is 12.6 Å². The zero-order valence-corrected chi connectivity index (χ0v) is 15.9. The van der Waals surface area contributed by atoms with Crippen LogP contribution in [0.2, 0.25) is 0 Å². The van der Waals surface area contributed by atoms with E-state index in [1.54, 1.807) is 0 Å². The summed E-state index contributed by atoms with van der Waals surface area (Å²) in [6, 6.07) is 17.3. The first-order valence-corrected chi connectivity index (χ1v) is 9.28. The quantitative estimate of drug-likeness (QED) is 0.661. The Morgan fingerprint density at radius 1 is 0.920 bits per heavy atom. The minimum absolute atomic E-state index is 0.140. The predicted octanol–water partition coefficient (Wildman–Crippen LogP) is 4.98. The van der Waals surface area contributed by atoms with E-state index >= 15 is 0 Å². The van der Waals surface area contributed by atoms with Gasteiger partial charge in [-0.1, -0.05) is 36.4 Å². The van der Waals surface area contributed by atoms with E-state index in [4.69, 9.17) is 9.47 Å². The Morgan fingerprint density at radius 3 is 2.36 bits per heavy atom. The molecule has 0 bridgehead atoms. The molecule has 0 spiro atoms. The van der Waals surface area contributed by atoms with Gasteiger partial charge in [0.1, 0.15) is 0 Å². The maximum absolute atomic E-state index is 5.82. The molecule has 136 valence electrons. The summed E-state index contributed by atoms with van der Waals surface area (Å²) in [4.78, 5) is 0. The van der Waals surface area contributed by atoms with Crippen LogP contribution >= 0.6 is 0 Å². The van der Waals surface area contributed by atoms with Gasteiger partial charge in [-0.05, 0) is 63.8 Å². The summed E-state index contributed by atoms with van der Waals surface area (Å²) >= 11 is 0. The van der Waals surface area contributed by atoms with Gasteiger partial charge in [0.2, 0.25) is 0 Å². The Hall–Kier alpha value is -2.00. The molecule has 0 saturated heterocycles. The van der Waals surface area contributed by atoms with Gasteiger partial charge < -0.3 is 14.8 Å². The molecule has 0 aliphatic heterocycles. The van der Waals surface area contributed by atoms with Gasteiger partial charge in [0, 0.05) is 12.6 Å². The summed E-state index contributed by atoms with van der Waals surface area (Å²) in [7, 11) is 0. The summed E-state index contributed by atoms with van der Waals surface area (Å²) in [6.45, 7) is 9.76. The zero-order valence-electron chi connectivity index (χ0n) is 15.9. The summed E-state index contributed by atoms with van der Waals surface area (Å²) < 4.78 is 11.6. The average Bonchev–Trinajstić information content (AvgIpc) is 2.61. The largest absolute Gasteiger partial charge is 0.490 e. The van der Waals surface area contributed by atoms with Crippen molar-refractivity contribution in [2.75, 3.05) is 6.61 Å². The molecule has 1 N–H and O–H groups in total. The summed E-state index contributed by atoms with van der Waals surface area (Å²) in [5, 5.41) is 3.60. The topological polar surface area (TPSA) is 30.5 Å². The molecule has 0 radical (unpaired) electrons. The van der Waals surface area contributed by atoms with E-state index in [1.807, 2.05) is 26.8 Å². The fourth-order valence-electron chi connectivity index (χ4n) is 2.70. The van der Waals surface area contributed by atoms with Crippen molar-refractivity contribution < 1.29 is 9.47 Å². The highest BCUT2D eigenvalue weighted by Gasteiger charge is 2.09. The lowest BCUT2D eigenvalue weighted by Gasteiger charge is -2.17. The van der Waals surface area contributed by atoms with E-state index in [-0.39, 0.29) is 6.10 Å². The Balaban J connectivity index is 1.87. The van der Waals surface area contributed by atoms with Crippen LogP contribution in [0.15, 0.2) is 48.5 Å². The van der Waals surface area contributed by atoms with Gasteiger partial charge in [0.25, 0.3) is 0 Å². The van der Waals surface area contributed by atoms with Gasteiger partial charge >= 0.3 is 0 Å². The maximum atomic E-state index is 5.82. The van der Waals surface area contributed by atoms with E-state index in [9.17, 15) is 0 Å². The molecule has 25 heavy (non-hydrogen) atoms. The molecule has 0 heterocycles. The fraction of sp³-hybridized carbons (Fsp3) is 0.455. The van der Waals surface area contributed by atoms with Crippen LogP contribution in [0.4, 0.5) is 0 Å². The molecule has 0 aromatic heterocycles. The summed E-state index contributed by atoms with van der Waals surface area (Å²) in [6.07, 6.45) is 2.36. The molecular weight excluding hydrogens is 310 g/mol. The van der Waals surface area contributed by atoms with Crippen molar-refractivity contribution in [3.63, 3.8) is 0 Å². The molecule has 3 heteroatoms. The third-order valence-corrected chi connectivity index (χ3v) is 4.03. The Bertz CT molecular complexity index is 625. The monoisotopic (exact) mass is 341 g/mol. The smallest absolute Gasteiger partial charge is 0.161 e. The van der Waals surface area contributed by atoms with E-state index < -0.39 is 0 Å². The number of nitrogens with one attached hydrogen (secondary N) is 1. The van der Waals surface area contributed by atoms with E-state index in [0.717, 1.165) is 30.9 Å². The summed E-state index contributed by atoms with van der Waals surface area (Å²) in [5.74, 6) is 1.64. The summed E-state index contributed by atoms with van der Waals surface area (Å²) in [5.41, 5.74) is 2.61. The molecule has 0 amide bonds. The first-order chi connectivity index (χ1) is 12.1. The number of rotatable bonds is 10. The fourth-order valence-corrected chi connectivity index (χ4v) is 2.70. The maximum Gasteiger partial charge on any atom is 0.161 e. The molecule has 3 nitrogen and oxygen atoms in total. The molecular formula is C22H31NO2. The third-order valence-electron chi connectivity index (χ3n) is 4.03. The zero-order chi connectivity index (χ0) is 18.1. The molecule has 2 rings (SSSR count). The lowest BCUT2D eigenvalue weighted by molar-refractivity contribution is 0.223. The van der Waals surface area contributed by atoms with Crippen LogP contribution in [0, 0.1) is 0 Å². The van der Waals surface area contributed by atoms with Crippen LogP contribution in [0.1, 0.15) is 45.2 Å². The second-order valence-corrected chi connectivity index (χ2v) is 6.69. The molecule has 0 aliphatic carbocycles. The number of benzene rings is 2. The number of aryl methyl sites for hydroxylation is 1. The lowest BCUT2D eigenvalue weighted by Crippen LogP contribution is -2.26. The standard InChI is InChI=1S/C22H31NO2/c1-5-24-22-15-20(13-14-21(22)25-17(2)3)16-23-18(4)11-12-19-9-7-6-8-10-19/h6-10,13-15,17-18,23H,5,11-12,16H2,1-4H3. The number of ether oxygens (including phenoxy) is 2. The van der Waals surface area contributed by atoms with Crippen LogP contribution in [0.25, 0.3) is 0 Å². The second-order valence-electron chi connectivity index (χ2n) is 6.69. The van der Waals surface area contributed by atoms with Crippen molar-refractivity contribution in [1.29, 1.82) is 0 Å². The first kappa shape index (κ1) is 19.3. The van der Waals surface area contributed by atoms with Gasteiger partial charge in [-0.3, -0.25) is 0 Å². The Labute approximate surface area is 152 Å². The second kappa shape index (κ2) is 10.1. The highest BCUT2D eigenvalue weighted by Crippen LogP contribution is 2.29. The van der Waals surface area contributed by atoms with E-state index in [2.05, 4.69) is 54.7 Å². The van der Waals surface area contributed by atoms with Crippen molar-refractivity contribution in [2.45, 2.75) is 59.2 Å². The van der Waals surface area contributed by atoms with Crippen molar-refractivity contribution in [2.24, 2.45) is 0 Å². The SMILES string of the molecule is CCOc1cc(CNC(C)CCc2ccccc2)ccc1OC(C)C. The number of hydrogen-bond donors (Lipinski definition) is 1.